The van der Waals surface area contributed by atoms with Gasteiger partial charge in [0.2, 0.25) is 0 Å². The third-order valence-corrected chi connectivity index (χ3v) is 6.93. The average Bonchev–Trinajstić information content (AvgIpc) is 3.11. The maximum atomic E-state index is 5.78. The second kappa shape index (κ2) is 38.0. The fraction of sp³-hybridized carbons (Fsp3) is 0.784. The third kappa shape index (κ3) is 32.7. The summed E-state index contributed by atoms with van der Waals surface area (Å²) < 4.78 is 60.0. The zero-order chi connectivity index (χ0) is 34.3. The first-order chi connectivity index (χ1) is 23.9. The van der Waals surface area contributed by atoms with Crippen LogP contribution in [0.5, 0.6) is 5.75 Å². The number of benzene rings is 1. The van der Waals surface area contributed by atoms with Gasteiger partial charge >= 0.3 is 0 Å². The average molecular weight is 687 g/mol. The van der Waals surface area contributed by atoms with Gasteiger partial charge in [0.15, 0.2) is 0 Å². The molecule has 0 aromatic heterocycles. The van der Waals surface area contributed by atoms with Crippen LogP contribution in [0.15, 0.2) is 37.1 Å². The van der Waals surface area contributed by atoms with E-state index in [4.69, 9.17) is 52.1 Å². The second-order valence-electron chi connectivity index (χ2n) is 10.9. The molecule has 0 saturated carbocycles. The Kier molecular flexibility index (Phi) is 35.0. The summed E-state index contributed by atoms with van der Waals surface area (Å²) in [4.78, 5) is 0. The predicted octanol–water partition coefficient (Wildman–Crippen LogP) is 5.67. The summed E-state index contributed by atoms with van der Waals surface area (Å²) in [6.45, 7) is 16.2. The Bertz CT molecular complexity index is 766. The van der Waals surface area contributed by atoms with Crippen LogP contribution in [0.1, 0.15) is 57.4 Å². The van der Waals surface area contributed by atoms with E-state index in [2.05, 4.69) is 37.8 Å². The van der Waals surface area contributed by atoms with Gasteiger partial charge < -0.3 is 52.1 Å². The smallest absolute Gasteiger partial charge is 0.119 e. The van der Waals surface area contributed by atoms with Crippen LogP contribution >= 0.6 is 0 Å². The molecule has 0 aliphatic carbocycles. The van der Waals surface area contributed by atoms with Crippen molar-refractivity contribution in [3.8, 4) is 5.75 Å². The fourth-order valence-corrected chi connectivity index (χ4v) is 4.31. The summed E-state index contributed by atoms with van der Waals surface area (Å²) in [7, 11) is 0. The number of hydrogen-bond donors (Lipinski definition) is 0. The minimum atomic E-state index is 0.504. The van der Waals surface area contributed by atoms with Crippen LogP contribution in [0.4, 0.5) is 0 Å². The highest BCUT2D eigenvalue weighted by Crippen LogP contribution is 2.15. The van der Waals surface area contributed by atoms with E-state index in [1.54, 1.807) is 0 Å². The quantitative estimate of drug-likeness (QED) is 0.0631. The lowest BCUT2D eigenvalue weighted by atomic mass is 10.0. The van der Waals surface area contributed by atoms with E-state index in [1.807, 2.05) is 0 Å². The number of unbranched alkanes of at least 4 members (excludes halogenated alkanes) is 6. The molecule has 0 radical (unpaired) electrons. The molecule has 1 rings (SSSR count). The predicted molar refractivity (Wildman–Crippen MR) is 187 cm³/mol. The van der Waals surface area contributed by atoms with E-state index in [9.17, 15) is 0 Å². The Labute approximate surface area is 290 Å². The van der Waals surface area contributed by atoms with Gasteiger partial charge in [-0.05, 0) is 30.5 Å². The van der Waals surface area contributed by atoms with Gasteiger partial charge in [0.25, 0.3) is 0 Å². The van der Waals surface area contributed by atoms with E-state index in [0.717, 1.165) is 12.2 Å². The van der Waals surface area contributed by atoms with Gasteiger partial charge in [-0.2, -0.15) is 0 Å². The van der Waals surface area contributed by atoms with Gasteiger partial charge in [0, 0.05) is 0 Å². The molecule has 11 heteroatoms. The van der Waals surface area contributed by atoms with Gasteiger partial charge in [0.05, 0.1) is 125 Å². The van der Waals surface area contributed by atoms with Crippen molar-refractivity contribution in [2.45, 2.75) is 58.3 Å². The van der Waals surface area contributed by atoms with Crippen LogP contribution in [-0.2, 0) is 53.8 Å². The Morgan fingerprint density at radius 2 is 0.750 bits per heavy atom. The van der Waals surface area contributed by atoms with E-state index < -0.39 is 0 Å². The number of aryl methyl sites for hydroxylation is 1. The first kappa shape index (κ1) is 44.2. The molecule has 0 aliphatic heterocycles. The van der Waals surface area contributed by atoms with Crippen molar-refractivity contribution in [2.24, 2.45) is 0 Å². The van der Waals surface area contributed by atoms with Gasteiger partial charge in [-0.1, -0.05) is 64.2 Å². The Balaban J connectivity index is 1.70. The van der Waals surface area contributed by atoms with Crippen LogP contribution in [0.25, 0.3) is 0 Å². The maximum Gasteiger partial charge on any atom is 0.119 e. The molecular weight excluding hydrogens is 620 g/mol. The molecule has 0 unspecified atom stereocenters. The Hall–Kier alpha value is -1.80. The van der Waals surface area contributed by atoms with E-state index in [-0.39, 0.29) is 0 Å². The molecule has 0 atom stereocenters. The molecule has 1 aromatic rings. The van der Waals surface area contributed by atoms with Crippen molar-refractivity contribution in [2.75, 3.05) is 132 Å². The molecule has 1 aromatic carbocycles. The molecule has 0 heterocycles. The summed E-state index contributed by atoms with van der Waals surface area (Å²) in [6.07, 6.45) is 11.9. The molecule has 0 bridgehead atoms. The van der Waals surface area contributed by atoms with E-state index in [0.29, 0.717) is 132 Å². The largest absolute Gasteiger partial charge is 0.499 e. The number of hydrogen-bond acceptors (Lipinski definition) is 11. The van der Waals surface area contributed by atoms with Crippen LogP contribution in [0.3, 0.4) is 0 Å². The molecule has 0 aliphatic rings. The summed E-state index contributed by atoms with van der Waals surface area (Å²) >= 11 is 0. The molecule has 0 saturated heterocycles. The first-order valence-electron chi connectivity index (χ1n) is 18.0. The Morgan fingerprint density at radius 3 is 1.12 bits per heavy atom. The van der Waals surface area contributed by atoms with Crippen molar-refractivity contribution in [1.29, 1.82) is 0 Å². The molecule has 0 fully saturated rings. The van der Waals surface area contributed by atoms with Crippen LogP contribution in [0.2, 0.25) is 0 Å². The number of rotatable bonds is 40. The van der Waals surface area contributed by atoms with Crippen LogP contribution < -0.4 is 4.74 Å². The standard InChI is InChI=1S/C37H66O11/c1-3-5-6-7-8-9-10-11-36-12-14-37(15-13-36)48-35-34-47-33-32-46-31-30-45-29-28-44-27-26-43-25-24-42-23-22-41-21-20-40-19-18-39-17-16-38-4-2/h4,12-15H,2-3,5-11,16-35H2,1H3. The van der Waals surface area contributed by atoms with Crippen molar-refractivity contribution in [1.82, 2.24) is 0 Å². The summed E-state index contributed by atoms with van der Waals surface area (Å²) in [5.74, 6) is 0.887. The van der Waals surface area contributed by atoms with Crippen LogP contribution in [0, 0.1) is 0 Å². The highest BCUT2D eigenvalue weighted by molar-refractivity contribution is 5.27. The normalized spacial score (nSPS) is 11.3. The topological polar surface area (TPSA) is 102 Å². The number of ether oxygens (including phenoxy) is 11. The molecule has 11 nitrogen and oxygen atoms in total. The van der Waals surface area contributed by atoms with Crippen molar-refractivity contribution in [3.05, 3.63) is 42.7 Å². The summed E-state index contributed by atoms with van der Waals surface area (Å²) in [6, 6.07) is 8.45. The summed E-state index contributed by atoms with van der Waals surface area (Å²) in [5, 5.41) is 0. The molecular formula is C37H66O11. The summed E-state index contributed by atoms with van der Waals surface area (Å²) in [5.41, 5.74) is 1.38. The molecule has 0 spiro atoms. The first-order valence-corrected chi connectivity index (χ1v) is 18.0. The van der Waals surface area contributed by atoms with E-state index >= 15 is 0 Å². The Morgan fingerprint density at radius 1 is 0.417 bits per heavy atom. The van der Waals surface area contributed by atoms with Crippen molar-refractivity contribution in [3.63, 3.8) is 0 Å². The monoisotopic (exact) mass is 686 g/mol. The van der Waals surface area contributed by atoms with Crippen molar-refractivity contribution < 1.29 is 52.1 Å². The zero-order valence-corrected chi connectivity index (χ0v) is 29.9. The van der Waals surface area contributed by atoms with Gasteiger partial charge in [-0.25, -0.2) is 0 Å². The lowest BCUT2D eigenvalue weighted by Gasteiger charge is -2.09. The van der Waals surface area contributed by atoms with Gasteiger partial charge in [0.1, 0.15) is 19.0 Å². The molecule has 0 amide bonds. The third-order valence-electron chi connectivity index (χ3n) is 6.93. The molecule has 0 N–H and O–H groups in total. The van der Waals surface area contributed by atoms with Crippen molar-refractivity contribution >= 4 is 0 Å². The fourth-order valence-electron chi connectivity index (χ4n) is 4.31. The SMILES string of the molecule is C=COCCOCCOCCOCCOCCOCCOCCOCCOCCOCCOc1ccc(CCCCCCCCC)cc1. The van der Waals surface area contributed by atoms with Crippen LogP contribution in [-0.4, -0.2) is 132 Å². The maximum absolute atomic E-state index is 5.78. The lowest BCUT2D eigenvalue weighted by molar-refractivity contribution is -0.0259. The van der Waals surface area contributed by atoms with Gasteiger partial charge in [-0.3, -0.25) is 0 Å². The minimum Gasteiger partial charge on any atom is -0.499 e. The lowest BCUT2D eigenvalue weighted by Crippen LogP contribution is -2.15. The minimum absolute atomic E-state index is 0.504. The zero-order valence-electron chi connectivity index (χ0n) is 29.9. The molecule has 48 heavy (non-hydrogen) atoms. The highest BCUT2D eigenvalue weighted by atomic mass is 16.6. The van der Waals surface area contributed by atoms with Gasteiger partial charge in [-0.15, -0.1) is 0 Å². The van der Waals surface area contributed by atoms with E-state index in [1.165, 1.54) is 56.8 Å². The second-order valence-corrected chi connectivity index (χ2v) is 10.9. The molecule has 280 valence electrons. The highest BCUT2D eigenvalue weighted by Gasteiger charge is 1.99.